The van der Waals surface area contributed by atoms with Gasteiger partial charge in [-0.05, 0) is 63.2 Å². The van der Waals surface area contributed by atoms with Crippen molar-refractivity contribution in [3.63, 3.8) is 0 Å². The fraction of sp³-hybridized carbons (Fsp3) is 0.261. The fourth-order valence-electron chi connectivity index (χ4n) is 4.01. The molecule has 5 rings (SSSR count). The number of nitrogens with one attached hydrogen (secondary N) is 2. The predicted molar refractivity (Wildman–Crippen MR) is 119 cm³/mol. The monoisotopic (exact) mass is 429 g/mol. The molecule has 0 aliphatic carbocycles. The van der Waals surface area contributed by atoms with Crippen molar-refractivity contribution < 1.29 is 9.59 Å². The number of rotatable bonds is 5. The largest absolute Gasteiger partial charge is 0.317 e. The number of ketones is 1. The molecule has 1 saturated heterocycles. The SMILES string of the molecule is CC(=O)c1ccc(-n2nc(C3CCNCC3)cc2NC(=O)c2cnn3cccnc23)cc1. The van der Waals surface area contributed by atoms with Crippen molar-refractivity contribution in [3.05, 3.63) is 71.8 Å². The molecule has 0 spiro atoms. The number of hydrogen-bond acceptors (Lipinski definition) is 6. The summed E-state index contributed by atoms with van der Waals surface area (Å²) in [6.07, 6.45) is 6.87. The number of anilines is 1. The van der Waals surface area contributed by atoms with Crippen LogP contribution in [0.25, 0.3) is 11.3 Å². The molecule has 0 bridgehead atoms. The zero-order chi connectivity index (χ0) is 22.1. The number of hydrogen-bond donors (Lipinski definition) is 2. The molecule has 2 N–H and O–H groups in total. The maximum Gasteiger partial charge on any atom is 0.262 e. The van der Waals surface area contributed by atoms with E-state index in [0.29, 0.717) is 28.5 Å². The van der Waals surface area contributed by atoms with E-state index in [1.165, 1.54) is 13.1 Å². The van der Waals surface area contributed by atoms with Crippen LogP contribution in [0.15, 0.2) is 55.0 Å². The fourth-order valence-corrected chi connectivity index (χ4v) is 4.01. The molecule has 0 radical (unpaired) electrons. The van der Waals surface area contributed by atoms with Gasteiger partial charge in [0.1, 0.15) is 11.4 Å². The van der Waals surface area contributed by atoms with Gasteiger partial charge in [-0.1, -0.05) is 0 Å². The lowest BCUT2D eigenvalue weighted by Gasteiger charge is -2.20. The average Bonchev–Trinajstić information content (AvgIpc) is 3.44. The molecule has 3 aromatic heterocycles. The molecule has 0 unspecified atom stereocenters. The Balaban J connectivity index is 1.51. The van der Waals surface area contributed by atoms with E-state index in [2.05, 4.69) is 20.7 Å². The molecule has 1 amide bonds. The molecule has 0 atom stereocenters. The molecular weight excluding hydrogens is 406 g/mol. The van der Waals surface area contributed by atoms with Crippen molar-refractivity contribution in [2.45, 2.75) is 25.7 Å². The Morgan fingerprint density at radius 3 is 2.69 bits per heavy atom. The second-order valence-electron chi connectivity index (χ2n) is 7.89. The van der Waals surface area contributed by atoms with Crippen LogP contribution in [0.2, 0.25) is 0 Å². The highest BCUT2D eigenvalue weighted by Gasteiger charge is 2.22. The summed E-state index contributed by atoms with van der Waals surface area (Å²) in [6.45, 7) is 3.43. The van der Waals surface area contributed by atoms with Crippen molar-refractivity contribution in [2.75, 3.05) is 18.4 Å². The van der Waals surface area contributed by atoms with Gasteiger partial charge in [0.2, 0.25) is 0 Å². The van der Waals surface area contributed by atoms with Gasteiger partial charge in [-0.25, -0.2) is 14.2 Å². The summed E-state index contributed by atoms with van der Waals surface area (Å²) in [4.78, 5) is 29.0. The van der Waals surface area contributed by atoms with Crippen LogP contribution in [-0.4, -0.2) is 49.2 Å². The first-order valence-corrected chi connectivity index (χ1v) is 10.6. The quantitative estimate of drug-likeness (QED) is 0.473. The number of benzene rings is 1. The van der Waals surface area contributed by atoms with Gasteiger partial charge < -0.3 is 10.6 Å². The Labute approximate surface area is 184 Å². The average molecular weight is 429 g/mol. The number of fused-ring (bicyclic) bond motifs is 1. The van der Waals surface area contributed by atoms with Gasteiger partial charge in [0.25, 0.3) is 5.91 Å². The third kappa shape index (κ3) is 3.78. The van der Waals surface area contributed by atoms with Gasteiger partial charge in [0, 0.05) is 29.9 Å². The van der Waals surface area contributed by atoms with Gasteiger partial charge in [-0.15, -0.1) is 0 Å². The molecule has 4 aromatic rings. The summed E-state index contributed by atoms with van der Waals surface area (Å²) in [5, 5.41) is 15.4. The van der Waals surface area contributed by atoms with Gasteiger partial charge in [-0.2, -0.15) is 10.2 Å². The number of nitrogens with zero attached hydrogens (tertiary/aromatic N) is 5. The number of carbonyl (C=O) groups excluding carboxylic acids is 2. The maximum atomic E-state index is 13.1. The molecule has 4 heterocycles. The standard InChI is InChI=1S/C23H23N7O2/c1-15(31)16-3-5-18(6-4-16)30-21(13-20(28-30)17-7-10-24-11-8-17)27-23(32)19-14-26-29-12-2-9-25-22(19)29/h2-6,9,12-14,17,24H,7-8,10-11H2,1H3,(H,27,32). The first kappa shape index (κ1) is 20.1. The molecule has 9 nitrogen and oxygen atoms in total. The summed E-state index contributed by atoms with van der Waals surface area (Å²) in [7, 11) is 0. The van der Waals surface area contributed by atoms with Crippen molar-refractivity contribution >= 4 is 23.2 Å². The van der Waals surface area contributed by atoms with E-state index in [0.717, 1.165) is 37.3 Å². The molecular formula is C23H23N7O2. The van der Waals surface area contributed by atoms with Crippen LogP contribution >= 0.6 is 0 Å². The molecule has 32 heavy (non-hydrogen) atoms. The number of piperidine rings is 1. The minimum Gasteiger partial charge on any atom is -0.317 e. The van der Waals surface area contributed by atoms with E-state index in [9.17, 15) is 9.59 Å². The maximum absolute atomic E-state index is 13.1. The first-order chi connectivity index (χ1) is 15.6. The predicted octanol–water partition coefficient (Wildman–Crippen LogP) is 2.84. The van der Waals surface area contributed by atoms with Crippen molar-refractivity contribution in [2.24, 2.45) is 0 Å². The van der Waals surface area contributed by atoms with E-state index in [1.807, 2.05) is 18.2 Å². The number of Topliss-reactive ketones (excluding diaryl/α,β-unsaturated/α-hetero) is 1. The summed E-state index contributed by atoms with van der Waals surface area (Å²) in [5.74, 6) is 0.580. The van der Waals surface area contributed by atoms with Crippen LogP contribution < -0.4 is 10.6 Å². The van der Waals surface area contributed by atoms with E-state index < -0.39 is 0 Å². The Hall–Kier alpha value is -3.85. The third-order valence-corrected chi connectivity index (χ3v) is 5.77. The second kappa shape index (κ2) is 8.35. The summed E-state index contributed by atoms with van der Waals surface area (Å²) >= 11 is 0. The number of carbonyl (C=O) groups is 2. The van der Waals surface area contributed by atoms with E-state index >= 15 is 0 Å². The smallest absolute Gasteiger partial charge is 0.262 e. The third-order valence-electron chi connectivity index (χ3n) is 5.77. The Morgan fingerprint density at radius 2 is 1.94 bits per heavy atom. The van der Waals surface area contributed by atoms with Crippen LogP contribution in [-0.2, 0) is 0 Å². The van der Waals surface area contributed by atoms with Crippen LogP contribution in [0.5, 0.6) is 0 Å². The second-order valence-corrected chi connectivity index (χ2v) is 7.89. The van der Waals surface area contributed by atoms with Crippen molar-refractivity contribution in [1.82, 2.24) is 29.7 Å². The van der Waals surface area contributed by atoms with Gasteiger partial charge in [-0.3, -0.25) is 9.59 Å². The normalized spacial score (nSPS) is 14.5. The number of amides is 1. The highest BCUT2D eigenvalue weighted by Crippen LogP contribution is 2.28. The molecule has 9 heteroatoms. The van der Waals surface area contributed by atoms with Gasteiger partial charge in [0.15, 0.2) is 11.4 Å². The van der Waals surface area contributed by atoms with Gasteiger partial charge in [0.05, 0.1) is 17.6 Å². The molecule has 1 aliphatic heterocycles. The highest BCUT2D eigenvalue weighted by atomic mass is 16.2. The Kier molecular flexibility index (Phi) is 5.24. The first-order valence-electron chi connectivity index (χ1n) is 10.6. The summed E-state index contributed by atoms with van der Waals surface area (Å²) < 4.78 is 3.28. The van der Waals surface area contributed by atoms with Crippen molar-refractivity contribution in [1.29, 1.82) is 0 Å². The Bertz CT molecular complexity index is 1280. The van der Waals surface area contributed by atoms with Crippen molar-refractivity contribution in [3.8, 4) is 5.69 Å². The molecule has 1 fully saturated rings. The van der Waals surface area contributed by atoms with Crippen LogP contribution in [0, 0.1) is 0 Å². The van der Waals surface area contributed by atoms with E-state index in [1.54, 1.807) is 39.8 Å². The minimum atomic E-state index is -0.308. The van der Waals surface area contributed by atoms with Crippen LogP contribution in [0.4, 0.5) is 5.82 Å². The van der Waals surface area contributed by atoms with E-state index in [4.69, 9.17) is 5.10 Å². The minimum absolute atomic E-state index is 0.00141. The topological polar surface area (TPSA) is 106 Å². The number of aromatic nitrogens is 5. The van der Waals surface area contributed by atoms with Crippen LogP contribution in [0.1, 0.15) is 52.1 Å². The van der Waals surface area contributed by atoms with Crippen LogP contribution in [0.3, 0.4) is 0 Å². The molecule has 162 valence electrons. The summed E-state index contributed by atoms with van der Waals surface area (Å²) in [5.41, 5.74) is 3.20. The lowest BCUT2D eigenvalue weighted by Crippen LogP contribution is -2.26. The highest BCUT2D eigenvalue weighted by molar-refractivity contribution is 6.07. The lowest BCUT2D eigenvalue weighted by atomic mass is 9.95. The zero-order valence-electron chi connectivity index (χ0n) is 17.7. The van der Waals surface area contributed by atoms with Gasteiger partial charge >= 0.3 is 0 Å². The zero-order valence-corrected chi connectivity index (χ0v) is 17.7. The molecule has 1 aromatic carbocycles. The van der Waals surface area contributed by atoms with E-state index in [-0.39, 0.29) is 11.7 Å². The molecule has 0 saturated carbocycles. The Morgan fingerprint density at radius 1 is 1.16 bits per heavy atom. The molecule has 1 aliphatic rings. The lowest BCUT2D eigenvalue weighted by molar-refractivity contribution is 0.101. The summed E-state index contributed by atoms with van der Waals surface area (Å²) in [6, 6.07) is 10.9.